The highest BCUT2D eigenvalue weighted by Gasteiger charge is 2.36. The molecule has 1 N–H and O–H groups in total. The van der Waals surface area contributed by atoms with E-state index in [1.54, 1.807) is 12.1 Å². The number of hydrogen-bond donors (Lipinski definition) is 1. The average Bonchev–Trinajstić information content (AvgIpc) is 2.84. The second-order valence-corrected chi connectivity index (χ2v) is 9.13. The topological polar surface area (TPSA) is 29.5 Å². The third-order valence-electron chi connectivity index (χ3n) is 5.53. The first-order valence-electron chi connectivity index (χ1n) is 10.9. The van der Waals surface area contributed by atoms with Gasteiger partial charge in [0, 0.05) is 0 Å². The van der Waals surface area contributed by atoms with E-state index in [9.17, 15) is 5.11 Å². The van der Waals surface area contributed by atoms with Crippen LogP contribution in [-0.2, 0) is 4.75 Å². The van der Waals surface area contributed by atoms with Gasteiger partial charge in [-0.05, 0) is 60.1 Å². The zero-order valence-electron chi connectivity index (χ0n) is 18.3. The summed E-state index contributed by atoms with van der Waals surface area (Å²) in [7, 11) is 0. The Balaban J connectivity index is 1.61. The van der Waals surface area contributed by atoms with Crippen LogP contribution in [0.15, 0.2) is 109 Å². The largest absolute Gasteiger partial charge is 0.508 e. The Labute approximate surface area is 194 Å². The lowest BCUT2D eigenvalue weighted by Crippen LogP contribution is -2.26. The number of rotatable bonds is 9. The molecule has 162 valence electrons. The number of hydrogen-bond acceptors (Lipinski definition) is 3. The molecule has 0 aromatic heterocycles. The van der Waals surface area contributed by atoms with Crippen LogP contribution in [0, 0.1) is 6.92 Å². The van der Waals surface area contributed by atoms with Crippen molar-refractivity contribution in [1.29, 1.82) is 0 Å². The molecule has 32 heavy (non-hydrogen) atoms. The van der Waals surface area contributed by atoms with Gasteiger partial charge in [-0.2, -0.15) is 0 Å². The molecule has 0 saturated heterocycles. The van der Waals surface area contributed by atoms with E-state index >= 15 is 0 Å². The highest BCUT2D eigenvalue weighted by atomic mass is 32.2. The Morgan fingerprint density at radius 1 is 0.688 bits per heavy atom. The molecule has 0 heterocycles. The fraction of sp³-hybridized carbons (Fsp3) is 0.172. The Kier molecular flexibility index (Phi) is 7.18. The summed E-state index contributed by atoms with van der Waals surface area (Å²) in [5.41, 5.74) is 4.83. The predicted molar refractivity (Wildman–Crippen MR) is 135 cm³/mol. The molecule has 0 unspecified atom stereocenters. The molecule has 0 atom stereocenters. The highest BCUT2D eigenvalue weighted by Crippen LogP contribution is 2.48. The minimum Gasteiger partial charge on any atom is -0.508 e. The first-order chi connectivity index (χ1) is 15.7. The van der Waals surface area contributed by atoms with Gasteiger partial charge >= 0.3 is 0 Å². The van der Waals surface area contributed by atoms with Gasteiger partial charge in [0.1, 0.15) is 11.5 Å². The van der Waals surface area contributed by atoms with E-state index < -0.39 is 0 Å². The number of aromatic hydroxyl groups is 1. The maximum absolute atomic E-state index is 9.91. The van der Waals surface area contributed by atoms with E-state index in [1.807, 2.05) is 36.0 Å². The third-order valence-corrected chi connectivity index (χ3v) is 7.16. The smallest absolute Gasteiger partial charge is 0.119 e. The van der Waals surface area contributed by atoms with Crippen molar-refractivity contribution in [1.82, 2.24) is 0 Å². The Bertz CT molecular complexity index is 1050. The molecular weight excluding hydrogens is 412 g/mol. The summed E-state index contributed by atoms with van der Waals surface area (Å²) in [6.45, 7) is 2.75. The first-order valence-corrected chi connectivity index (χ1v) is 11.9. The van der Waals surface area contributed by atoms with Crippen LogP contribution in [0.4, 0.5) is 0 Å². The number of phenolic OH excluding ortho intramolecular Hbond substituents is 1. The van der Waals surface area contributed by atoms with Crippen LogP contribution < -0.4 is 4.74 Å². The van der Waals surface area contributed by atoms with Crippen molar-refractivity contribution in [2.75, 3.05) is 12.4 Å². The molecule has 0 radical (unpaired) electrons. The highest BCUT2D eigenvalue weighted by molar-refractivity contribution is 8.00. The molecule has 3 heteroatoms. The normalized spacial score (nSPS) is 11.3. The standard InChI is InChI=1S/C29H28O2S/c1-23-13-19-28(20-14-23)31-21-8-22-32-29(24-9-4-2-5-10-24,25-11-6-3-7-12-25)26-15-17-27(30)18-16-26/h2-7,9-20,30H,8,21-22H2,1H3. The van der Waals surface area contributed by atoms with Gasteiger partial charge in [0.15, 0.2) is 0 Å². The van der Waals surface area contributed by atoms with Crippen molar-refractivity contribution < 1.29 is 9.84 Å². The number of ether oxygens (including phenoxy) is 1. The average molecular weight is 441 g/mol. The van der Waals surface area contributed by atoms with Crippen LogP contribution in [0.1, 0.15) is 28.7 Å². The van der Waals surface area contributed by atoms with Crippen molar-refractivity contribution in [2.24, 2.45) is 0 Å². The van der Waals surface area contributed by atoms with Crippen LogP contribution in [0.2, 0.25) is 0 Å². The summed E-state index contributed by atoms with van der Waals surface area (Å²) >= 11 is 1.91. The Morgan fingerprint density at radius 2 is 1.22 bits per heavy atom. The maximum Gasteiger partial charge on any atom is 0.119 e. The molecule has 0 fully saturated rings. The zero-order valence-corrected chi connectivity index (χ0v) is 19.1. The monoisotopic (exact) mass is 440 g/mol. The van der Waals surface area contributed by atoms with Gasteiger partial charge in [-0.15, -0.1) is 11.8 Å². The number of phenols is 1. The van der Waals surface area contributed by atoms with E-state index in [-0.39, 0.29) is 10.5 Å². The molecule has 0 aliphatic heterocycles. The molecular formula is C29H28O2S. The number of aryl methyl sites for hydroxylation is 1. The van der Waals surface area contributed by atoms with Crippen LogP contribution in [0.5, 0.6) is 11.5 Å². The second kappa shape index (κ2) is 10.4. The van der Waals surface area contributed by atoms with Crippen molar-refractivity contribution >= 4 is 11.8 Å². The van der Waals surface area contributed by atoms with Gasteiger partial charge in [-0.1, -0.05) is 90.5 Å². The summed E-state index contributed by atoms with van der Waals surface area (Å²) in [6.07, 6.45) is 0.929. The van der Waals surface area contributed by atoms with Gasteiger partial charge in [-0.25, -0.2) is 0 Å². The quantitative estimate of drug-likeness (QED) is 0.220. The van der Waals surface area contributed by atoms with Crippen molar-refractivity contribution in [2.45, 2.75) is 18.1 Å². The molecule has 0 aliphatic carbocycles. The lowest BCUT2D eigenvalue weighted by atomic mass is 9.84. The van der Waals surface area contributed by atoms with E-state index in [1.165, 1.54) is 16.7 Å². The van der Waals surface area contributed by atoms with Crippen molar-refractivity contribution in [3.05, 3.63) is 131 Å². The molecule has 0 saturated carbocycles. The third kappa shape index (κ3) is 5.00. The predicted octanol–water partition coefficient (Wildman–Crippen LogP) is 7.19. The SMILES string of the molecule is Cc1ccc(OCCCSC(c2ccccc2)(c2ccccc2)c2ccc(O)cc2)cc1. The molecule has 2 nitrogen and oxygen atoms in total. The fourth-order valence-corrected chi connectivity index (χ4v) is 5.38. The Morgan fingerprint density at radius 3 is 1.78 bits per heavy atom. The van der Waals surface area contributed by atoms with Crippen LogP contribution >= 0.6 is 11.8 Å². The van der Waals surface area contributed by atoms with Gasteiger partial charge in [0.2, 0.25) is 0 Å². The van der Waals surface area contributed by atoms with E-state index in [0.717, 1.165) is 23.5 Å². The van der Waals surface area contributed by atoms with E-state index in [0.29, 0.717) is 6.61 Å². The van der Waals surface area contributed by atoms with Crippen LogP contribution in [0.25, 0.3) is 0 Å². The van der Waals surface area contributed by atoms with Crippen LogP contribution in [-0.4, -0.2) is 17.5 Å². The van der Waals surface area contributed by atoms with E-state index in [2.05, 4.69) is 79.7 Å². The maximum atomic E-state index is 9.91. The van der Waals surface area contributed by atoms with Crippen molar-refractivity contribution in [3.63, 3.8) is 0 Å². The number of thioether (sulfide) groups is 1. The molecule has 4 aromatic carbocycles. The summed E-state index contributed by atoms with van der Waals surface area (Å²) in [5, 5.41) is 9.91. The van der Waals surface area contributed by atoms with Gasteiger partial charge in [-0.3, -0.25) is 0 Å². The zero-order chi connectivity index (χ0) is 22.2. The fourth-order valence-electron chi connectivity index (χ4n) is 3.90. The summed E-state index contributed by atoms with van der Waals surface area (Å²) in [5.74, 6) is 2.12. The van der Waals surface area contributed by atoms with Crippen molar-refractivity contribution in [3.8, 4) is 11.5 Å². The summed E-state index contributed by atoms with van der Waals surface area (Å²) < 4.78 is 5.59. The lowest BCUT2D eigenvalue weighted by Gasteiger charge is -2.35. The molecule has 4 aromatic rings. The molecule has 4 rings (SSSR count). The second-order valence-electron chi connectivity index (χ2n) is 7.82. The van der Waals surface area contributed by atoms with Gasteiger partial charge < -0.3 is 9.84 Å². The molecule has 0 spiro atoms. The minimum atomic E-state index is -0.375. The summed E-state index contributed by atoms with van der Waals surface area (Å²) in [6, 6.07) is 37.0. The minimum absolute atomic E-state index is 0.278. The van der Waals surface area contributed by atoms with Gasteiger partial charge in [0.05, 0.1) is 11.4 Å². The number of benzene rings is 4. The first kappa shape index (κ1) is 22.0. The molecule has 0 aliphatic rings. The van der Waals surface area contributed by atoms with Crippen LogP contribution in [0.3, 0.4) is 0 Å². The van der Waals surface area contributed by atoms with Gasteiger partial charge in [0.25, 0.3) is 0 Å². The van der Waals surface area contributed by atoms with E-state index in [4.69, 9.17) is 4.74 Å². The summed E-state index contributed by atoms with van der Waals surface area (Å²) in [4.78, 5) is 0. The molecule has 0 amide bonds. The Hall–Kier alpha value is -3.17. The molecule has 0 bridgehead atoms. The lowest BCUT2D eigenvalue weighted by molar-refractivity contribution is 0.318.